The van der Waals surface area contributed by atoms with E-state index in [0.29, 0.717) is 25.8 Å². The summed E-state index contributed by atoms with van der Waals surface area (Å²) in [7, 11) is 0. The van der Waals surface area contributed by atoms with Crippen molar-refractivity contribution in [1.82, 2.24) is 0 Å². The molecular weight excluding hydrogens is 594 g/mol. The molecule has 0 aliphatic heterocycles. The Labute approximate surface area is 220 Å². The van der Waals surface area contributed by atoms with Gasteiger partial charge in [0.25, 0.3) is 0 Å². The number of phenolic OH excluding ortho intramolecular Hbond substituents is 1. The quantitative estimate of drug-likeness (QED) is 0.169. The lowest BCUT2D eigenvalue weighted by atomic mass is 10.0. The average Bonchev–Trinajstić information content (AvgIpc) is 2.79. The van der Waals surface area contributed by atoms with Crippen LogP contribution in [0, 0.1) is 0 Å². The number of phenols is 1. The number of aromatic hydroxyl groups is 1. The van der Waals surface area contributed by atoms with E-state index in [0.717, 1.165) is 0 Å². The van der Waals surface area contributed by atoms with E-state index in [1.807, 2.05) is 0 Å². The van der Waals surface area contributed by atoms with Crippen molar-refractivity contribution in [3.63, 3.8) is 0 Å². The van der Waals surface area contributed by atoms with Crippen LogP contribution in [0.4, 0.5) is 10.5 Å². The fraction of sp³-hybridized carbons (Fsp3) is 0.348. The average molecular weight is 619 g/mol. The predicted molar refractivity (Wildman–Crippen MR) is 138 cm³/mol. The van der Waals surface area contributed by atoms with Gasteiger partial charge in [0.15, 0.2) is 11.9 Å². The van der Waals surface area contributed by atoms with Gasteiger partial charge in [0.05, 0.1) is 16.8 Å². The molecule has 0 aromatic heterocycles. The Morgan fingerprint density at radius 1 is 1.15 bits per heavy atom. The Morgan fingerprint density at radius 3 is 2.41 bits per heavy atom. The molecule has 2 rings (SSSR count). The van der Waals surface area contributed by atoms with E-state index in [2.05, 4.69) is 49.8 Å². The van der Waals surface area contributed by atoms with Crippen molar-refractivity contribution in [1.29, 1.82) is 0 Å². The Morgan fingerprint density at radius 2 is 1.82 bits per heavy atom. The number of rotatable bonds is 11. The van der Waals surface area contributed by atoms with E-state index in [9.17, 15) is 19.5 Å². The van der Waals surface area contributed by atoms with Crippen molar-refractivity contribution in [2.24, 2.45) is 0 Å². The number of anilines is 1. The number of nitrogens with one attached hydrogen (secondary N) is 1. The number of ether oxygens (including phenoxy) is 3. The van der Waals surface area contributed by atoms with Crippen LogP contribution >= 0.6 is 44.5 Å². The molecule has 0 saturated carbocycles. The van der Waals surface area contributed by atoms with Crippen LogP contribution in [0.2, 0.25) is 0 Å². The highest BCUT2D eigenvalue weighted by Crippen LogP contribution is 2.39. The van der Waals surface area contributed by atoms with E-state index in [-0.39, 0.29) is 36.9 Å². The van der Waals surface area contributed by atoms with Crippen LogP contribution in [0.5, 0.6) is 5.75 Å². The number of hydrogen-bond donors (Lipinski definition) is 3. The highest BCUT2D eigenvalue weighted by molar-refractivity contribution is 9.11. The number of carbonyl (C=O) groups is 3. The van der Waals surface area contributed by atoms with Gasteiger partial charge < -0.3 is 19.3 Å². The monoisotopic (exact) mass is 617 g/mol. The summed E-state index contributed by atoms with van der Waals surface area (Å²) in [5, 5.41) is 13.3. The minimum atomic E-state index is -1.04. The van der Waals surface area contributed by atoms with Crippen LogP contribution in [-0.4, -0.2) is 48.0 Å². The Balaban J connectivity index is 2.30. The minimum Gasteiger partial charge on any atom is -0.506 e. The lowest BCUT2D eigenvalue weighted by Crippen LogP contribution is -2.30. The van der Waals surface area contributed by atoms with Crippen molar-refractivity contribution in [3.8, 4) is 5.75 Å². The first-order valence-electron chi connectivity index (χ1n) is 10.3. The maximum absolute atomic E-state index is 12.8. The number of thiol groups is 1. The Bertz CT molecular complexity index is 1020. The maximum Gasteiger partial charge on any atom is 0.412 e. The lowest BCUT2D eigenvalue weighted by molar-refractivity contribution is -0.142. The number of Topliss-reactive ketones (excluding diaryl/α,β-unsaturated/α-hetero) is 1. The van der Waals surface area contributed by atoms with E-state index >= 15 is 0 Å². The summed E-state index contributed by atoms with van der Waals surface area (Å²) in [6.45, 7) is 3.52. The van der Waals surface area contributed by atoms with E-state index in [1.54, 1.807) is 43.3 Å². The van der Waals surface area contributed by atoms with Gasteiger partial charge in [-0.15, -0.1) is 0 Å². The zero-order valence-corrected chi connectivity index (χ0v) is 22.6. The zero-order valence-electron chi connectivity index (χ0n) is 18.5. The SMILES string of the molecule is CCO[C@@H](CCOC(=O)CS)[C@@H](OC(=O)Nc1ccc(C(C)=O)cc1)c1cc(Br)cc(Br)c1O. The van der Waals surface area contributed by atoms with Crippen molar-refractivity contribution in [3.05, 3.63) is 56.5 Å². The number of hydrogen-bond acceptors (Lipinski definition) is 8. The molecule has 8 nitrogen and oxygen atoms in total. The third-order valence-corrected chi connectivity index (χ3v) is 5.97. The molecule has 34 heavy (non-hydrogen) atoms. The fourth-order valence-electron chi connectivity index (χ4n) is 3.06. The van der Waals surface area contributed by atoms with E-state index in [4.69, 9.17) is 14.2 Å². The van der Waals surface area contributed by atoms with Crippen molar-refractivity contribution >= 4 is 68.0 Å². The largest absolute Gasteiger partial charge is 0.506 e. The summed E-state index contributed by atoms with van der Waals surface area (Å²) < 4.78 is 17.6. The molecule has 2 aromatic carbocycles. The summed E-state index contributed by atoms with van der Waals surface area (Å²) in [5.41, 5.74) is 1.22. The summed E-state index contributed by atoms with van der Waals surface area (Å²) in [6, 6.07) is 9.60. The summed E-state index contributed by atoms with van der Waals surface area (Å²) in [4.78, 5) is 35.7. The maximum atomic E-state index is 12.8. The molecule has 0 spiro atoms. The van der Waals surface area contributed by atoms with Crippen LogP contribution < -0.4 is 5.32 Å². The van der Waals surface area contributed by atoms with Crippen molar-refractivity contribution in [2.45, 2.75) is 32.5 Å². The molecule has 0 bridgehead atoms. The number of amides is 1. The summed E-state index contributed by atoms with van der Waals surface area (Å²) >= 11 is 10.5. The van der Waals surface area contributed by atoms with Gasteiger partial charge in [-0.25, -0.2) is 4.79 Å². The van der Waals surface area contributed by atoms with Crippen LogP contribution in [0.25, 0.3) is 0 Å². The molecule has 0 saturated heterocycles. The molecule has 2 atom stereocenters. The zero-order chi connectivity index (χ0) is 25.3. The second kappa shape index (κ2) is 13.7. The van der Waals surface area contributed by atoms with Gasteiger partial charge in [-0.3, -0.25) is 14.9 Å². The first kappa shape index (κ1) is 28.2. The normalized spacial score (nSPS) is 12.5. The number of ketones is 1. The summed E-state index contributed by atoms with van der Waals surface area (Å²) in [6.07, 6.45) is -2.38. The molecule has 2 aromatic rings. The second-order valence-corrected chi connectivity index (χ2v) is 9.16. The van der Waals surface area contributed by atoms with Crippen LogP contribution in [0.3, 0.4) is 0 Å². The number of halogens is 2. The van der Waals surface area contributed by atoms with Gasteiger partial charge in [-0.2, -0.15) is 12.6 Å². The lowest BCUT2D eigenvalue weighted by Gasteiger charge is -2.28. The first-order chi connectivity index (χ1) is 16.2. The van der Waals surface area contributed by atoms with Crippen LogP contribution in [-0.2, 0) is 19.0 Å². The van der Waals surface area contributed by atoms with Gasteiger partial charge in [0, 0.05) is 34.3 Å². The Kier molecular flexibility index (Phi) is 11.4. The number of carbonyl (C=O) groups excluding carboxylic acids is 3. The fourth-order valence-corrected chi connectivity index (χ4v) is 4.41. The molecule has 0 heterocycles. The molecule has 0 fully saturated rings. The van der Waals surface area contributed by atoms with Crippen LogP contribution in [0.15, 0.2) is 45.3 Å². The van der Waals surface area contributed by atoms with E-state index < -0.39 is 24.3 Å². The van der Waals surface area contributed by atoms with Gasteiger partial charge >= 0.3 is 12.1 Å². The van der Waals surface area contributed by atoms with Crippen molar-refractivity contribution in [2.75, 3.05) is 24.3 Å². The third-order valence-electron chi connectivity index (χ3n) is 4.65. The van der Waals surface area contributed by atoms with E-state index in [1.165, 1.54) is 6.92 Å². The third kappa shape index (κ3) is 8.30. The van der Waals surface area contributed by atoms with Gasteiger partial charge in [-0.05, 0) is 66.2 Å². The Hall–Kier alpha value is -2.08. The first-order valence-corrected chi connectivity index (χ1v) is 12.5. The molecule has 1 amide bonds. The highest BCUT2D eigenvalue weighted by atomic mass is 79.9. The molecule has 0 radical (unpaired) electrons. The van der Waals surface area contributed by atoms with Crippen molar-refractivity contribution < 1.29 is 33.7 Å². The second-order valence-electron chi connectivity index (χ2n) is 7.07. The van der Waals surface area contributed by atoms with Crippen LogP contribution in [0.1, 0.15) is 42.3 Å². The number of benzene rings is 2. The summed E-state index contributed by atoms with van der Waals surface area (Å²) in [5.74, 6) is -0.772. The molecular formula is C23H25Br2NO7S. The predicted octanol–water partition coefficient (Wildman–Crippen LogP) is 5.68. The van der Waals surface area contributed by atoms with Gasteiger partial charge in [0.1, 0.15) is 11.9 Å². The molecule has 2 N–H and O–H groups in total. The molecule has 0 aliphatic rings. The standard InChI is InChI=1S/C23H25Br2NO7S/c1-3-31-19(8-9-32-20(28)12-34)22(17-10-15(24)11-18(25)21(17)29)33-23(30)26-16-6-4-14(5-7-16)13(2)27/h4-7,10-11,19,22,29,34H,3,8-9,12H2,1-2H3,(H,26,30)/t19-,22-/m0/s1. The molecule has 184 valence electrons. The topological polar surface area (TPSA) is 111 Å². The molecule has 11 heteroatoms. The molecule has 0 unspecified atom stereocenters. The highest BCUT2D eigenvalue weighted by Gasteiger charge is 2.31. The smallest absolute Gasteiger partial charge is 0.412 e. The minimum absolute atomic E-state index is 0.00792. The van der Waals surface area contributed by atoms with Gasteiger partial charge in [0.2, 0.25) is 0 Å². The molecule has 0 aliphatic carbocycles. The van der Waals surface area contributed by atoms with Gasteiger partial charge in [-0.1, -0.05) is 15.9 Å². The number of esters is 1.